The van der Waals surface area contributed by atoms with E-state index in [2.05, 4.69) is 0 Å². The number of rotatable bonds is 4. The summed E-state index contributed by atoms with van der Waals surface area (Å²) in [5, 5.41) is 0.339. The van der Waals surface area contributed by atoms with E-state index in [1.54, 1.807) is 44.2 Å². The second-order valence-corrected chi connectivity index (χ2v) is 5.80. The van der Waals surface area contributed by atoms with Crippen LogP contribution in [-0.4, -0.2) is 10.5 Å². The van der Waals surface area contributed by atoms with Crippen molar-refractivity contribution in [1.29, 1.82) is 0 Å². The molecule has 1 rings (SSSR count). The zero-order chi connectivity index (χ0) is 11.5. The van der Waals surface area contributed by atoms with Gasteiger partial charge in [-0.3, -0.25) is 9.09 Å². The van der Waals surface area contributed by atoms with Crippen LogP contribution >= 0.6 is 7.60 Å². The molecule has 0 heterocycles. The smallest absolute Gasteiger partial charge is 0.321 e. The molecule has 0 aliphatic rings. The molecule has 0 bridgehead atoms. The molecule has 0 saturated heterocycles. The van der Waals surface area contributed by atoms with Gasteiger partial charge in [0.2, 0.25) is 0 Å². The summed E-state index contributed by atoms with van der Waals surface area (Å²) in [6.07, 6.45) is 0.685. The van der Waals surface area contributed by atoms with Gasteiger partial charge in [-0.15, -0.1) is 0 Å². The van der Waals surface area contributed by atoms with Gasteiger partial charge in [-0.05, 0) is 32.4 Å². The lowest BCUT2D eigenvalue weighted by Gasteiger charge is -2.26. The first-order valence-electron chi connectivity index (χ1n) is 4.96. The minimum atomic E-state index is -3.68. The Morgan fingerprint density at radius 3 is 2.33 bits per heavy atom. The Labute approximate surface area is 90.6 Å². The van der Waals surface area contributed by atoms with Gasteiger partial charge in [-0.1, -0.05) is 25.1 Å². The van der Waals surface area contributed by atoms with Gasteiger partial charge in [0.05, 0.1) is 10.9 Å². The molecule has 1 N–H and O–H groups in total. The molecule has 1 atom stereocenters. The first-order valence-corrected chi connectivity index (χ1v) is 6.54. The average molecular weight is 228 g/mol. The highest BCUT2D eigenvalue weighted by atomic mass is 31.2. The van der Waals surface area contributed by atoms with E-state index < -0.39 is 13.2 Å². The zero-order valence-electron chi connectivity index (χ0n) is 9.30. The predicted molar refractivity (Wildman–Crippen MR) is 61.4 cm³/mol. The van der Waals surface area contributed by atoms with E-state index in [0.29, 0.717) is 11.7 Å². The molecule has 0 aliphatic carbocycles. The normalized spacial score (nSPS) is 16.0. The summed E-state index contributed by atoms with van der Waals surface area (Å²) < 4.78 is 17.2. The quantitative estimate of drug-likeness (QED) is 0.806. The lowest BCUT2D eigenvalue weighted by molar-refractivity contribution is 0.0930. The van der Waals surface area contributed by atoms with Crippen LogP contribution in [0.4, 0.5) is 0 Å². The molecule has 0 aromatic heterocycles. The fourth-order valence-corrected chi connectivity index (χ4v) is 2.52. The largest absolute Gasteiger partial charge is 0.359 e. The highest BCUT2D eigenvalue weighted by molar-refractivity contribution is 7.61. The maximum absolute atomic E-state index is 11.9. The maximum Gasteiger partial charge on any atom is 0.359 e. The van der Waals surface area contributed by atoms with Crippen molar-refractivity contribution in [3.05, 3.63) is 30.3 Å². The second-order valence-electron chi connectivity index (χ2n) is 4.06. The maximum atomic E-state index is 11.9. The van der Waals surface area contributed by atoms with Gasteiger partial charge in [0.1, 0.15) is 0 Å². The molecule has 15 heavy (non-hydrogen) atoms. The van der Waals surface area contributed by atoms with Gasteiger partial charge in [0.15, 0.2) is 0 Å². The SMILES string of the molecule is CCC(C)(C)OP(=O)(O)c1ccccc1. The minimum Gasteiger partial charge on any atom is -0.321 e. The third-order valence-corrected chi connectivity index (χ3v) is 4.00. The van der Waals surface area contributed by atoms with Crippen molar-refractivity contribution in [2.75, 3.05) is 0 Å². The van der Waals surface area contributed by atoms with Gasteiger partial charge in [0.25, 0.3) is 0 Å². The molecule has 0 fully saturated rings. The fraction of sp³-hybridized carbons (Fsp3) is 0.455. The van der Waals surface area contributed by atoms with Gasteiger partial charge >= 0.3 is 7.60 Å². The Bertz CT molecular complexity index is 359. The molecule has 0 aliphatic heterocycles. The Hall–Kier alpha value is -0.630. The Morgan fingerprint density at radius 2 is 1.87 bits per heavy atom. The van der Waals surface area contributed by atoms with Crippen molar-refractivity contribution in [2.45, 2.75) is 32.8 Å². The molecular weight excluding hydrogens is 211 g/mol. The summed E-state index contributed by atoms with van der Waals surface area (Å²) in [4.78, 5) is 9.79. The van der Waals surface area contributed by atoms with E-state index in [1.165, 1.54) is 0 Å². The Kier molecular flexibility index (Phi) is 3.72. The van der Waals surface area contributed by atoms with Crippen LogP contribution in [-0.2, 0) is 9.09 Å². The van der Waals surface area contributed by atoms with Gasteiger partial charge < -0.3 is 4.89 Å². The fourth-order valence-electron chi connectivity index (χ4n) is 1.07. The molecule has 3 nitrogen and oxygen atoms in total. The van der Waals surface area contributed by atoms with E-state index in [1.807, 2.05) is 6.92 Å². The molecule has 0 radical (unpaired) electrons. The topological polar surface area (TPSA) is 46.5 Å². The van der Waals surface area contributed by atoms with Crippen LogP contribution in [0.15, 0.2) is 30.3 Å². The van der Waals surface area contributed by atoms with E-state index in [-0.39, 0.29) is 0 Å². The van der Waals surface area contributed by atoms with Crippen molar-refractivity contribution in [3.63, 3.8) is 0 Å². The van der Waals surface area contributed by atoms with Crippen LogP contribution < -0.4 is 5.30 Å². The summed E-state index contributed by atoms with van der Waals surface area (Å²) >= 11 is 0. The lowest BCUT2D eigenvalue weighted by atomic mass is 10.1. The van der Waals surface area contributed by atoms with Crippen LogP contribution in [0.25, 0.3) is 0 Å². The Balaban J connectivity index is 2.90. The summed E-state index contributed by atoms with van der Waals surface area (Å²) in [5.74, 6) is 0. The second kappa shape index (κ2) is 4.48. The van der Waals surface area contributed by atoms with Crippen LogP contribution in [0, 0.1) is 0 Å². The lowest BCUT2D eigenvalue weighted by Crippen LogP contribution is -2.24. The Morgan fingerprint density at radius 1 is 1.33 bits per heavy atom. The van der Waals surface area contributed by atoms with Gasteiger partial charge in [-0.25, -0.2) is 0 Å². The van der Waals surface area contributed by atoms with Gasteiger partial charge in [0, 0.05) is 0 Å². The number of benzene rings is 1. The predicted octanol–water partition coefficient (Wildman–Crippen LogP) is 2.70. The average Bonchev–Trinajstić information content (AvgIpc) is 2.18. The molecule has 0 spiro atoms. The molecular formula is C11H17O3P. The molecule has 0 saturated carbocycles. The first-order chi connectivity index (χ1) is 6.87. The third-order valence-electron chi connectivity index (χ3n) is 2.30. The first kappa shape index (κ1) is 12.4. The summed E-state index contributed by atoms with van der Waals surface area (Å²) in [6, 6.07) is 8.45. The standard InChI is InChI=1S/C11H17O3P/c1-4-11(2,3)14-15(12,13)10-8-6-5-7-9-10/h5-9H,4H2,1-3H3,(H,12,13). The monoisotopic (exact) mass is 228 g/mol. The molecule has 84 valence electrons. The van der Waals surface area contributed by atoms with Crippen molar-refractivity contribution in [2.24, 2.45) is 0 Å². The van der Waals surface area contributed by atoms with E-state index in [9.17, 15) is 9.46 Å². The van der Waals surface area contributed by atoms with Crippen molar-refractivity contribution in [1.82, 2.24) is 0 Å². The molecule has 1 aromatic rings. The summed E-state index contributed by atoms with van der Waals surface area (Å²) in [6.45, 7) is 5.53. The molecule has 4 heteroatoms. The third kappa shape index (κ3) is 3.45. The minimum absolute atomic E-state index is 0.339. The van der Waals surface area contributed by atoms with Crippen LogP contribution in [0.1, 0.15) is 27.2 Å². The molecule has 0 amide bonds. The van der Waals surface area contributed by atoms with E-state index in [4.69, 9.17) is 4.52 Å². The van der Waals surface area contributed by atoms with Crippen molar-refractivity contribution < 1.29 is 14.0 Å². The van der Waals surface area contributed by atoms with E-state index >= 15 is 0 Å². The van der Waals surface area contributed by atoms with Crippen LogP contribution in [0.5, 0.6) is 0 Å². The summed E-state index contributed by atoms with van der Waals surface area (Å²) in [5.41, 5.74) is -0.583. The highest BCUT2D eigenvalue weighted by Gasteiger charge is 2.30. The highest BCUT2D eigenvalue weighted by Crippen LogP contribution is 2.45. The molecule has 1 aromatic carbocycles. The van der Waals surface area contributed by atoms with Gasteiger partial charge in [-0.2, -0.15) is 0 Å². The van der Waals surface area contributed by atoms with E-state index in [0.717, 1.165) is 0 Å². The number of hydrogen-bond acceptors (Lipinski definition) is 2. The summed E-state index contributed by atoms with van der Waals surface area (Å²) in [7, 11) is -3.68. The van der Waals surface area contributed by atoms with Crippen molar-refractivity contribution in [3.8, 4) is 0 Å². The zero-order valence-corrected chi connectivity index (χ0v) is 10.2. The van der Waals surface area contributed by atoms with Crippen LogP contribution in [0.3, 0.4) is 0 Å². The number of hydrogen-bond donors (Lipinski definition) is 1. The molecule has 1 unspecified atom stereocenters. The van der Waals surface area contributed by atoms with Crippen molar-refractivity contribution >= 4 is 12.9 Å². The van der Waals surface area contributed by atoms with Crippen LogP contribution in [0.2, 0.25) is 0 Å².